The van der Waals surface area contributed by atoms with Gasteiger partial charge in [-0.3, -0.25) is 0 Å². The first kappa shape index (κ1) is 14.3. The quantitative estimate of drug-likeness (QED) is 0.813. The zero-order valence-electron chi connectivity index (χ0n) is 12.2. The summed E-state index contributed by atoms with van der Waals surface area (Å²) in [6, 6.07) is 0. The third-order valence-corrected chi connectivity index (χ3v) is 4.62. The van der Waals surface area contributed by atoms with E-state index in [2.05, 4.69) is 24.1 Å². The lowest BCUT2D eigenvalue weighted by Crippen LogP contribution is -2.38. The third kappa shape index (κ3) is 4.52. The maximum atomic E-state index is 5.98. The molecule has 2 saturated heterocycles. The van der Waals surface area contributed by atoms with Gasteiger partial charge >= 0.3 is 0 Å². The molecule has 2 aliphatic rings. The second-order valence-corrected chi connectivity index (χ2v) is 6.24. The summed E-state index contributed by atoms with van der Waals surface area (Å²) in [5.41, 5.74) is 0. The largest absolute Gasteiger partial charge is 0.377 e. The van der Waals surface area contributed by atoms with Gasteiger partial charge in [-0.15, -0.1) is 0 Å². The van der Waals surface area contributed by atoms with Crippen molar-refractivity contribution in [3.05, 3.63) is 0 Å². The van der Waals surface area contributed by atoms with Gasteiger partial charge in [-0.05, 0) is 63.7 Å². The number of piperidine rings is 2. The SMILES string of the molecule is CC(C)C1CCN(CCOC2CCNCC2)CC1. The Labute approximate surface area is 112 Å². The molecular weight excluding hydrogens is 224 g/mol. The van der Waals surface area contributed by atoms with Crippen molar-refractivity contribution < 1.29 is 4.74 Å². The summed E-state index contributed by atoms with van der Waals surface area (Å²) in [5, 5.41) is 3.38. The van der Waals surface area contributed by atoms with Crippen molar-refractivity contribution in [3.63, 3.8) is 0 Å². The zero-order valence-corrected chi connectivity index (χ0v) is 12.2. The van der Waals surface area contributed by atoms with Gasteiger partial charge in [-0.2, -0.15) is 0 Å². The highest BCUT2D eigenvalue weighted by molar-refractivity contribution is 4.74. The molecule has 1 N–H and O–H groups in total. The normalized spacial score (nSPS) is 24.8. The predicted molar refractivity (Wildman–Crippen MR) is 75.8 cm³/mol. The molecule has 2 rings (SSSR count). The zero-order chi connectivity index (χ0) is 12.8. The van der Waals surface area contributed by atoms with E-state index in [1.165, 1.54) is 38.8 Å². The van der Waals surface area contributed by atoms with Gasteiger partial charge in [0.1, 0.15) is 0 Å². The molecule has 18 heavy (non-hydrogen) atoms. The molecule has 2 fully saturated rings. The van der Waals surface area contributed by atoms with Gasteiger partial charge in [-0.25, -0.2) is 0 Å². The van der Waals surface area contributed by atoms with Crippen LogP contribution in [0.3, 0.4) is 0 Å². The van der Waals surface area contributed by atoms with E-state index >= 15 is 0 Å². The van der Waals surface area contributed by atoms with Crippen LogP contribution < -0.4 is 5.32 Å². The molecule has 0 unspecified atom stereocenters. The molecule has 0 bridgehead atoms. The Bertz CT molecular complexity index is 219. The van der Waals surface area contributed by atoms with Crippen LogP contribution in [0.1, 0.15) is 39.5 Å². The second kappa shape index (κ2) is 7.46. The molecule has 2 aliphatic heterocycles. The molecule has 3 heteroatoms. The first-order valence-electron chi connectivity index (χ1n) is 7.80. The Kier molecular flexibility index (Phi) is 5.93. The Morgan fingerprint density at radius 1 is 1.11 bits per heavy atom. The lowest BCUT2D eigenvalue weighted by Gasteiger charge is -2.34. The molecule has 3 nitrogen and oxygen atoms in total. The van der Waals surface area contributed by atoms with Gasteiger partial charge in [-0.1, -0.05) is 13.8 Å². The van der Waals surface area contributed by atoms with E-state index in [0.29, 0.717) is 6.10 Å². The van der Waals surface area contributed by atoms with Gasteiger partial charge in [0.15, 0.2) is 0 Å². The van der Waals surface area contributed by atoms with Crippen molar-refractivity contribution in [1.29, 1.82) is 0 Å². The fraction of sp³-hybridized carbons (Fsp3) is 1.00. The summed E-state index contributed by atoms with van der Waals surface area (Å²) < 4.78 is 5.98. The molecule has 0 aromatic rings. The molecular formula is C15H30N2O. The van der Waals surface area contributed by atoms with Gasteiger partial charge in [0, 0.05) is 6.54 Å². The lowest BCUT2D eigenvalue weighted by atomic mass is 9.87. The first-order chi connectivity index (χ1) is 8.75. The molecule has 106 valence electrons. The van der Waals surface area contributed by atoms with Crippen LogP contribution in [-0.2, 0) is 4.74 Å². The van der Waals surface area contributed by atoms with E-state index < -0.39 is 0 Å². The standard InChI is InChI=1S/C15H30N2O/c1-13(2)14-5-9-17(10-6-14)11-12-18-15-3-7-16-8-4-15/h13-16H,3-12H2,1-2H3. The van der Waals surface area contributed by atoms with Crippen molar-refractivity contribution in [2.45, 2.75) is 45.6 Å². The fourth-order valence-corrected chi connectivity index (χ4v) is 3.15. The van der Waals surface area contributed by atoms with Gasteiger partial charge in [0.05, 0.1) is 12.7 Å². The molecule has 0 atom stereocenters. The Balaban J connectivity index is 1.55. The smallest absolute Gasteiger partial charge is 0.0600 e. The van der Waals surface area contributed by atoms with Crippen molar-refractivity contribution in [1.82, 2.24) is 10.2 Å². The van der Waals surface area contributed by atoms with E-state index in [0.717, 1.165) is 38.1 Å². The number of hydrogen-bond donors (Lipinski definition) is 1. The molecule has 2 heterocycles. The highest BCUT2D eigenvalue weighted by Crippen LogP contribution is 2.24. The van der Waals surface area contributed by atoms with Crippen LogP contribution in [0.5, 0.6) is 0 Å². The molecule has 0 radical (unpaired) electrons. The van der Waals surface area contributed by atoms with E-state index in [1.54, 1.807) is 0 Å². The van der Waals surface area contributed by atoms with E-state index in [9.17, 15) is 0 Å². The molecule has 0 aliphatic carbocycles. The number of likely N-dealkylation sites (tertiary alicyclic amines) is 1. The van der Waals surface area contributed by atoms with Crippen LogP contribution in [-0.4, -0.2) is 50.3 Å². The average molecular weight is 254 g/mol. The van der Waals surface area contributed by atoms with Crippen molar-refractivity contribution in [2.24, 2.45) is 11.8 Å². The van der Waals surface area contributed by atoms with E-state index in [-0.39, 0.29) is 0 Å². The van der Waals surface area contributed by atoms with Crippen LogP contribution in [0.4, 0.5) is 0 Å². The number of nitrogens with one attached hydrogen (secondary N) is 1. The topological polar surface area (TPSA) is 24.5 Å². The Morgan fingerprint density at radius 2 is 1.78 bits per heavy atom. The number of ether oxygens (including phenoxy) is 1. The number of nitrogens with zero attached hydrogens (tertiary/aromatic N) is 1. The minimum Gasteiger partial charge on any atom is -0.377 e. The minimum atomic E-state index is 0.513. The van der Waals surface area contributed by atoms with Gasteiger partial charge < -0.3 is 15.0 Å². The monoisotopic (exact) mass is 254 g/mol. The van der Waals surface area contributed by atoms with Crippen molar-refractivity contribution in [2.75, 3.05) is 39.3 Å². The summed E-state index contributed by atoms with van der Waals surface area (Å²) >= 11 is 0. The van der Waals surface area contributed by atoms with Crippen molar-refractivity contribution in [3.8, 4) is 0 Å². The highest BCUT2D eigenvalue weighted by Gasteiger charge is 2.21. The maximum Gasteiger partial charge on any atom is 0.0600 e. The van der Waals surface area contributed by atoms with E-state index in [1.807, 2.05) is 0 Å². The third-order valence-electron chi connectivity index (χ3n) is 4.62. The number of rotatable bonds is 5. The minimum absolute atomic E-state index is 0.513. The summed E-state index contributed by atoms with van der Waals surface area (Å²) in [6.07, 6.45) is 5.65. The van der Waals surface area contributed by atoms with Crippen LogP contribution in [0.25, 0.3) is 0 Å². The fourth-order valence-electron chi connectivity index (χ4n) is 3.15. The number of hydrogen-bond acceptors (Lipinski definition) is 3. The molecule has 0 amide bonds. The molecule has 0 aromatic carbocycles. The lowest BCUT2D eigenvalue weighted by molar-refractivity contribution is 0.0143. The summed E-state index contributed by atoms with van der Waals surface area (Å²) in [5.74, 6) is 1.81. The molecule has 0 aromatic heterocycles. The van der Waals surface area contributed by atoms with Crippen LogP contribution in [0.2, 0.25) is 0 Å². The van der Waals surface area contributed by atoms with Crippen molar-refractivity contribution >= 4 is 0 Å². The van der Waals surface area contributed by atoms with Gasteiger partial charge in [0.2, 0.25) is 0 Å². The van der Waals surface area contributed by atoms with Crippen LogP contribution in [0, 0.1) is 11.8 Å². The summed E-state index contributed by atoms with van der Waals surface area (Å²) in [7, 11) is 0. The predicted octanol–water partition coefficient (Wildman–Crippen LogP) is 2.12. The van der Waals surface area contributed by atoms with Crippen LogP contribution >= 0.6 is 0 Å². The van der Waals surface area contributed by atoms with Gasteiger partial charge in [0.25, 0.3) is 0 Å². The van der Waals surface area contributed by atoms with E-state index in [4.69, 9.17) is 4.74 Å². The highest BCUT2D eigenvalue weighted by atomic mass is 16.5. The second-order valence-electron chi connectivity index (χ2n) is 6.24. The molecule has 0 saturated carbocycles. The first-order valence-corrected chi connectivity index (χ1v) is 7.80. The Hall–Kier alpha value is -0.120. The average Bonchev–Trinajstić information content (AvgIpc) is 2.40. The molecule has 0 spiro atoms. The Morgan fingerprint density at radius 3 is 2.39 bits per heavy atom. The summed E-state index contributed by atoms with van der Waals surface area (Å²) in [4.78, 5) is 2.58. The maximum absolute atomic E-state index is 5.98. The summed E-state index contributed by atoms with van der Waals surface area (Å²) in [6.45, 7) is 11.6. The van der Waals surface area contributed by atoms with Crippen LogP contribution in [0.15, 0.2) is 0 Å².